The summed E-state index contributed by atoms with van der Waals surface area (Å²) in [7, 11) is 0. The van der Waals surface area contributed by atoms with Crippen molar-refractivity contribution in [3.8, 4) is 5.95 Å². The molecule has 0 radical (unpaired) electrons. The zero-order valence-electron chi connectivity index (χ0n) is 9.64. The maximum absolute atomic E-state index is 11.6. The number of hydrogen-bond acceptors (Lipinski definition) is 4. The van der Waals surface area contributed by atoms with E-state index in [1.54, 1.807) is 6.08 Å². The fourth-order valence-electron chi connectivity index (χ4n) is 1.63. The van der Waals surface area contributed by atoms with Crippen LogP contribution >= 0.6 is 12.4 Å². The standard InChI is InChI=1S/C11H13N3O2.ClH/c1-7(2)14-10(11(15)16-13-14)8-5-3-4-6-9(8)12;/h3-5,7,12H,6H2,1-2H3;1H. The molecule has 0 atom stereocenters. The van der Waals surface area contributed by atoms with Gasteiger partial charge in [0.15, 0.2) is 12.0 Å². The average Bonchev–Trinajstić information content (AvgIpc) is 2.61. The van der Waals surface area contributed by atoms with Gasteiger partial charge in [0, 0.05) is 12.1 Å². The number of halogens is 1. The highest BCUT2D eigenvalue weighted by atomic mass is 35.5. The number of rotatable bonds is 2. The molecule has 0 unspecified atom stereocenters. The van der Waals surface area contributed by atoms with E-state index in [4.69, 9.17) is 5.41 Å². The van der Waals surface area contributed by atoms with E-state index in [1.165, 1.54) is 4.68 Å². The van der Waals surface area contributed by atoms with Crippen LogP contribution in [0.15, 0.2) is 22.8 Å². The lowest BCUT2D eigenvalue weighted by Gasteiger charge is -2.08. The van der Waals surface area contributed by atoms with Crippen LogP contribution in [0, 0.1) is 5.41 Å². The fraction of sp³-hybridized carbons (Fsp3) is 0.364. The Morgan fingerprint density at radius 3 is 2.82 bits per heavy atom. The molecule has 0 saturated heterocycles. The molecule has 5 nitrogen and oxygen atoms in total. The van der Waals surface area contributed by atoms with Crippen LogP contribution in [-0.4, -0.2) is 11.0 Å². The smallest absolute Gasteiger partial charge is 0.266 e. The van der Waals surface area contributed by atoms with Gasteiger partial charge in [0.25, 0.3) is 5.69 Å². The summed E-state index contributed by atoms with van der Waals surface area (Å²) < 4.78 is 6.17. The maximum atomic E-state index is 11.6. The minimum atomic E-state index is -0.486. The Hall–Kier alpha value is -1.62. The zero-order chi connectivity index (χ0) is 11.7. The molecule has 6 heteroatoms. The Balaban J connectivity index is 0.00000144. The fourth-order valence-corrected chi connectivity index (χ4v) is 1.63. The van der Waals surface area contributed by atoms with E-state index in [-0.39, 0.29) is 18.4 Å². The summed E-state index contributed by atoms with van der Waals surface area (Å²) in [5.74, 6) is -0.486. The molecule has 0 aliphatic heterocycles. The number of allylic oxidation sites excluding steroid dienone is 4. The lowest BCUT2D eigenvalue weighted by molar-refractivity contribution is -0.781. The van der Waals surface area contributed by atoms with Crippen molar-refractivity contribution in [3.05, 3.63) is 23.9 Å². The zero-order valence-corrected chi connectivity index (χ0v) is 10.5. The van der Waals surface area contributed by atoms with Gasteiger partial charge in [-0.05, 0) is 19.9 Å². The Labute approximate surface area is 105 Å². The molecular weight excluding hydrogens is 242 g/mol. The minimum Gasteiger partial charge on any atom is -0.539 e. The normalized spacial score (nSPS) is 14.8. The third-order valence-electron chi connectivity index (χ3n) is 2.42. The largest absolute Gasteiger partial charge is 0.539 e. The van der Waals surface area contributed by atoms with E-state index >= 15 is 0 Å². The molecule has 0 bridgehead atoms. The van der Waals surface area contributed by atoms with Crippen molar-refractivity contribution >= 4 is 23.7 Å². The van der Waals surface area contributed by atoms with Crippen LogP contribution in [0.4, 0.5) is 0 Å². The predicted molar refractivity (Wildman–Crippen MR) is 63.2 cm³/mol. The first-order valence-corrected chi connectivity index (χ1v) is 5.14. The van der Waals surface area contributed by atoms with Crippen molar-refractivity contribution in [2.75, 3.05) is 0 Å². The summed E-state index contributed by atoms with van der Waals surface area (Å²) in [6, 6.07) is 0.0288. The quantitative estimate of drug-likeness (QED) is 0.812. The van der Waals surface area contributed by atoms with Crippen LogP contribution in [0.3, 0.4) is 0 Å². The van der Waals surface area contributed by atoms with Gasteiger partial charge < -0.3 is 15.0 Å². The van der Waals surface area contributed by atoms with Crippen LogP contribution in [0.2, 0.25) is 0 Å². The Morgan fingerprint density at radius 1 is 1.53 bits per heavy atom. The monoisotopic (exact) mass is 255 g/mol. The van der Waals surface area contributed by atoms with Crippen molar-refractivity contribution in [1.29, 1.82) is 5.41 Å². The summed E-state index contributed by atoms with van der Waals surface area (Å²) in [5.41, 5.74) is 1.38. The van der Waals surface area contributed by atoms with Gasteiger partial charge in [-0.2, -0.15) is 0 Å². The highest BCUT2D eigenvalue weighted by molar-refractivity contribution is 6.23. The summed E-state index contributed by atoms with van der Waals surface area (Å²) >= 11 is 0. The number of nitrogens with one attached hydrogen (secondary N) is 1. The number of hydrogen-bond donors (Lipinski definition) is 1. The topological polar surface area (TPSA) is 76.8 Å². The third kappa shape index (κ3) is 2.39. The SMILES string of the molecule is CC(C)[n+]1noc([O-])c1C1=CC=CCC1=N.Cl. The molecule has 17 heavy (non-hydrogen) atoms. The molecule has 0 aromatic carbocycles. The molecule has 0 fully saturated rings. The summed E-state index contributed by atoms with van der Waals surface area (Å²) in [5, 5.41) is 23.1. The Morgan fingerprint density at radius 2 is 2.24 bits per heavy atom. The van der Waals surface area contributed by atoms with E-state index < -0.39 is 5.95 Å². The second-order valence-corrected chi connectivity index (χ2v) is 3.94. The summed E-state index contributed by atoms with van der Waals surface area (Å²) in [6.45, 7) is 3.82. The van der Waals surface area contributed by atoms with Crippen LogP contribution in [0.5, 0.6) is 5.95 Å². The summed E-state index contributed by atoms with van der Waals surface area (Å²) in [4.78, 5) is 0. The molecule has 1 aromatic rings. The number of aromatic nitrogens is 2. The number of nitrogens with zero attached hydrogens (tertiary/aromatic N) is 2. The van der Waals surface area contributed by atoms with E-state index in [0.717, 1.165) is 0 Å². The van der Waals surface area contributed by atoms with E-state index in [2.05, 4.69) is 9.79 Å². The van der Waals surface area contributed by atoms with Gasteiger partial charge in [-0.25, -0.2) is 0 Å². The molecule has 0 spiro atoms. The lowest BCUT2D eigenvalue weighted by Crippen LogP contribution is -2.42. The Kier molecular flexibility index (Phi) is 4.07. The first-order chi connectivity index (χ1) is 7.61. The van der Waals surface area contributed by atoms with Gasteiger partial charge in [-0.1, -0.05) is 16.8 Å². The highest BCUT2D eigenvalue weighted by Crippen LogP contribution is 2.24. The van der Waals surface area contributed by atoms with Gasteiger partial charge >= 0.3 is 0 Å². The van der Waals surface area contributed by atoms with E-state index in [0.29, 0.717) is 23.4 Å². The van der Waals surface area contributed by atoms with Crippen molar-refractivity contribution < 1.29 is 14.3 Å². The van der Waals surface area contributed by atoms with E-state index in [1.807, 2.05) is 26.0 Å². The van der Waals surface area contributed by atoms with Gasteiger partial charge in [0.1, 0.15) is 0 Å². The first-order valence-electron chi connectivity index (χ1n) is 5.14. The second-order valence-electron chi connectivity index (χ2n) is 3.94. The molecule has 1 aliphatic rings. The van der Waals surface area contributed by atoms with Crippen molar-refractivity contribution in [2.24, 2.45) is 0 Å². The molecular formula is C11H14ClN3O2. The molecule has 1 aromatic heterocycles. The molecule has 92 valence electrons. The van der Waals surface area contributed by atoms with Crippen LogP contribution < -0.4 is 9.79 Å². The first kappa shape index (κ1) is 13.4. The minimum absolute atomic E-state index is 0. The third-order valence-corrected chi connectivity index (χ3v) is 2.42. The van der Waals surface area contributed by atoms with E-state index in [9.17, 15) is 5.11 Å². The van der Waals surface area contributed by atoms with Crippen molar-refractivity contribution in [2.45, 2.75) is 26.3 Å². The lowest BCUT2D eigenvalue weighted by atomic mass is 9.99. The Bertz CT molecular complexity index is 489. The summed E-state index contributed by atoms with van der Waals surface area (Å²) in [6.07, 6.45) is 6.00. The van der Waals surface area contributed by atoms with Crippen LogP contribution in [0.25, 0.3) is 5.57 Å². The van der Waals surface area contributed by atoms with Gasteiger partial charge in [0.05, 0.1) is 10.8 Å². The van der Waals surface area contributed by atoms with Crippen molar-refractivity contribution in [3.63, 3.8) is 0 Å². The van der Waals surface area contributed by atoms with Gasteiger partial charge in [0.2, 0.25) is 0 Å². The molecule has 0 saturated carbocycles. The maximum Gasteiger partial charge on any atom is 0.266 e. The molecule has 2 rings (SSSR count). The second kappa shape index (κ2) is 5.14. The molecule has 1 aliphatic carbocycles. The average molecular weight is 256 g/mol. The van der Waals surface area contributed by atoms with Crippen molar-refractivity contribution in [1.82, 2.24) is 5.27 Å². The highest BCUT2D eigenvalue weighted by Gasteiger charge is 2.26. The molecule has 1 N–H and O–H groups in total. The van der Waals surface area contributed by atoms with Crippen LogP contribution in [-0.2, 0) is 0 Å². The molecule has 1 heterocycles. The van der Waals surface area contributed by atoms with Gasteiger partial charge in [-0.15, -0.1) is 12.4 Å². The van der Waals surface area contributed by atoms with Crippen LogP contribution in [0.1, 0.15) is 32.0 Å². The van der Waals surface area contributed by atoms with Gasteiger partial charge in [-0.3, -0.25) is 0 Å². The predicted octanol–water partition coefficient (Wildman–Crippen LogP) is 1.40. The molecule has 0 amide bonds.